The third kappa shape index (κ3) is 12.2. The van der Waals surface area contributed by atoms with Crippen molar-refractivity contribution < 1.29 is 0 Å². The van der Waals surface area contributed by atoms with Gasteiger partial charge in [-0.05, 0) is 36.5 Å². The molecule has 0 N–H and O–H groups in total. The highest BCUT2D eigenvalue weighted by molar-refractivity contribution is 7.99. The molecule has 1 aromatic carbocycles. The second-order valence-corrected chi connectivity index (χ2v) is 7.39. The highest BCUT2D eigenvalue weighted by Gasteiger charge is 1.95. The maximum Gasteiger partial charge on any atom is 0.00719 e. The molecule has 0 heterocycles. The molecule has 2 heteroatoms. The van der Waals surface area contributed by atoms with Gasteiger partial charge in [-0.3, -0.25) is 0 Å². The highest BCUT2D eigenvalue weighted by Crippen LogP contribution is 2.19. The molecule has 0 aliphatic heterocycles. The Kier molecular flexibility index (Phi) is 13.4. The van der Waals surface area contributed by atoms with Gasteiger partial charge in [0.05, 0.1) is 0 Å². The second kappa shape index (κ2) is 14.8. The molecule has 1 rings (SSSR count). The van der Waals surface area contributed by atoms with Gasteiger partial charge in [-0.1, -0.05) is 76.0 Å². The molecule has 0 unspecified atom stereocenters. The average Bonchev–Trinajstić information content (AvgIpc) is 2.53. The first-order chi connectivity index (χ1) is 10.4. The molecule has 120 valence electrons. The van der Waals surface area contributed by atoms with Crippen LogP contribution in [0.2, 0.25) is 0 Å². The number of thiol groups is 1. The van der Waals surface area contributed by atoms with Crippen molar-refractivity contribution in [2.75, 3.05) is 11.5 Å². The van der Waals surface area contributed by atoms with Crippen molar-refractivity contribution in [1.82, 2.24) is 0 Å². The first-order valence-corrected chi connectivity index (χ1v) is 10.3. The van der Waals surface area contributed by atoms with Crippen molar-refractivity contribution in [2.45, 2.75) is 75.5 Å². The van der Waals surface area contributed by atoms with Gasteiger partial charge >= 0.3 is 0 Å². The molecule has 0 bridgehead atoms. The third-order valence-electron chi connectivity index (χ3n) is 3.81. The van der Waals surface area contributed by atoms with E-state index in [0.29, 0.717) is 0 Å². The summed E-state index contributed by atoms with van der Waals surface area (Å²) in [6.07, 6.45) is 15.5. The quantitative estimate of drug-likeness (QED) is 0.218. The summed E-state index contributed by atoms with van der Waals surface area (Å²) in [6.45, 7) is 0. The minimum Gasteiger partial charge on any atom is -0.179 e. The van der Waals surface area contributed by atoms with Crippen LogP contribution in [0.15, 0.2) is 35.2 Å². The predicted octanol–water partition coefficient (Wildman–Crippen LogP) is 7.00. The van der Waals surface area contributed by atoms with E-state index in [1.807, 2.05) is 11.8 Å². The second-order valence-electron chi connectivity index (χ2n) is 5.77. The fraction of sp³-hybridized carbons (Fsp3) is 0.684. The number of hydrogen-bond donors (Lipinski definition) is 1. The summed E-state index contributed by atoms with van der Waals surface area (Å²) in [5, 5.41) is 0. The molecule has 1 aromatic rings. The zero-order chi connectivity index (χ0) is 15.0. The van der Waals surface area contributed by atoms with Gasteiger partial charge in [-0.15, -0.1) is 11.8 Å². The molecule has 0 amide bonds. The van der Waals surface area contributed by atoms with E-state index in [4.69, 9.17) is 0 Å². The van der Waals surface area contributed by atoms with Gasteiger partial charge in [0.1, 0.15) is 0 Å². The van der Waals surface area contributed by atoms with Crippen LogP contribution in [0.25, 0.3) is 0 Å². The van der Waals surface area contributed by atoms with Crippen molar-refractivity contribution in [2.24, 2.45) is 0 Å². The van der Waals surface area contributed by atoms with Crippen LogP contribution in [0.1, 0.15) is 70.6 Å². The van der Waals surface area contributed by atoms with E-state index in [9.17, 15) is 0 Å². The monoisotopic (exact) mass is 324 g/mol. The van der Waals surface area contributed by atoms with Crippen LogP contribution in [0.4, 0.5) is 0 Å². The van der Waals surface area contributed by atoms with Crippen molar-refractivity contribution in [3.8, 4) is 0 Å². The number of benzene rings is 1. The highest BCUT2D eigenvalue weighted by atomic mass is 32.2. The van der Waals surface area contributed by atoms with E-state index < -0.39 is 0 Å². The number of thioether (sulfide) groups is 1. The first-order valence-electron chi connectivity index (χ1n) is 8.72. The van der Waals surface area contributed by atoms with E-state index >= 15 is 0 Å². The van der Waals surface area contributed by atoms with Gasteiger partial charge in [-0.2, -0.15) is 12.6 Å². The molecule has 0 nitrogen and oxygen atoms in total. The summed E-state index contributed by atoms with van der Waals surface area (Å²) in [6, 6.07) is 10.8. The third-order valence-corrected chi connectivity index (χ3v) is 5.23. The molecule has 21 heavy (non-hydrogen) atoms. The molecule has 0 aromatic heterocycles. The molecule has 0 spiro atoms. The van der Waals surface area contributed by atoms with Crippen LogP contribution < -0.4 is 0 Å². The molecule has 0 fully saturated rings. The SMILES string of the molecule is SCCCCCCCCCCCCCSc1ccccc1. The van der Waals surface area contributed by atoms with Crippen LogP contribution in [-0.2, 0) is 0 Å². The predicted molar refractivity (Wildman–Crippen MR) is 102 cm³/mol. The van der Waals surface area contributed by atoms with Crippen LogP contribution in [0.5, 0.6) is 0 Å². The summed E-state index contributed by atoms with van der Waals surface area (Å²) in [5.41, 5.74) is 0. The molecule has 0 atom stereocenters. The largest absolute Gasteiger partial charge is 0.179 e. The summed E-state index contributed by atoms with van der Waals surface area (Å²) in [7, 11) is 0. The molecular weight excluding hydrogens is 292 g/mol. The molecule has 0 aliphatic carbocycles. The topological polar surface area (TPSA) is 0 Å². The summed E-state index contributed by atoms with van der Waals surface area (Å²) < 4.78 is 0. The van der Waals surface area contributed by atoms with Crippen LogP contribution in [-0.4, -0.2) is 11.5 Å². The van der Waals surface area contributed by atoms with Crippen LogP contribution >= 0.6 is 24.4 Å². The average molecular weight is 325 g/mol. The maximum atomic E-state index is 4.25. The van der Waals surface area contributed by atoms with E-state index in [0.717, 1.165) is 5.75 Å². The zero-order valence-corrected chi connectivity index (χ0v) is 15.1. The fourth-order valence-electron chi connectivity index (χ4n) is 2.51. The Bertz CT molecular complexity index is 311. The molecule has 0 aliphatic rings. The zero-order valence-electron chi connectivity index (χ0n) is 13.4. The Balaban J connectivity index is 1.75. The van der Waals surface area contributed by atoms with Gasteiger partial charge in [-0.25, -0.2) is 0 Å². The van der Waals surface area contributed by atoms with E-state index in [-0.39, 0.29) is 0 Å². The standard InChI is InChI=1S/C19H32S2/c20-17-13-8-6-4-2-1-3-5-7-9-14-18-21-19-15-11-10-12-16-19/h10-12,15-16,20H,1-9,13-14,17-18H2. The lowest BCUT2D eigenvalue weighted by Crippen LogP contribution is -1.84. The van der Waals surface area contributed by atoms with E-state index in [2.05, 4.69) is 43.0 Å². The lowest BCUT2D eigenvalue weighted by molar-refractivity contribution is 0.555. The first kappa shape index (κ1) is 19.0. The summed E-state index contributed by atoms with van der Waals surface area (Å²) in [5.74, 6) is 2.33. The number of unbranched alkanes of at least 4 members (excludes halogenated alkanes) is 10. The maximum absolute atomic E-state index is 4.25. The van der Waals surface area contributed by atoms with Crippen molar-refractivity contribution in [3.05, 3.63) is 30.3 Å². The smallest absolute Gasteiger partial charge is 0.00719 e. The Morgan fingerprint density at radius 3 is 1.62 bits per heavy atom. The molecule has 0 radical (unpaired) electrons. The molecule has 0 saturated heterocycles. The Morgan fingerprint density at radius 1 is 0.619 bits per heavy atom. The fourth-order valence-corrected chi connectivity index (χ4v) is 3.67. The number of rotatable bonds is 14. The summed E-state index contributed by atoms with van der Waals surface area (Å²) in [4.78, 5) is 1.41. The Labute approximate surface area is 141 Å². The van der Waals surface area contributed by atoms with Crippen molar-refractivity contribution >= 4 is 24.4 Å². The lowest BCUT2D eigenvalue weighted by Gasteiger charge is -2.03. The van der Waals surface area contributed by atoms with E-state index in [1.165, 1.54) is 81.3 Å². The number of hydrogen-bond acceptors (Lipinski definition) is 2. The van der Waals surface area contributed by atoms with Crippen molar-refractivity contribution in [3.63, 3.8) is 0 Å². The molecular formula is C19H32S2. The lowest BCUT2D eigenvalue weighted by atomic mass is 10.1. The normalized spacial score (nSPS) is 10.9. The Morgan fingerprint density at radius 2 is 1.10 bits per heavy atom. The van der Waals surface area contributed by atoms with Gasteiger partial charge < -0.3 is 0 Å². The van der Waals surface area contributed by atoms with Gasteiger partial charge in [0.2, 0.25) is 0 Å². The molecule has 0 saturated carbocycles. The van der Waals surface area contributed by atoms with Crippen LogP contribution in [0, 0.1) is 0 Å². The Hall–Kier alpha value is -0.0800. The van der Waals surface area contributed by atoms with Crippen LogP contribution in [0.3, 0.4) is 0 Å². The van der Waals surface area contributed by atoms with E-state index in [1.54, 1.807) is 0 Å². The van der Waals surface area contributed by atoms with Gasteiger partial charge in [0, 0.05) is 4.90 Å². The van der Waals surface area contributed by atoms with Gasteiger partial charge in [0.25, 0.3) is 0 Å². The van der Waals surface area contributed by atoms with Crippen molar-refractivity contribution in [1.29, 1.82) is 0 Å². The minimum atomic E-state index is 1.06. The van der Waals surface area contributed by atoms with Gasteiger partial charge in [0.15, 0.2) is 0 Å². The summed E-state index contributed by atoms with van der Waals surface area (Å²) >= 11 is 6.24. The minimum absolute atomic E-state index is 1.06.